The van der Waals surface area contributed by atoms with Crippen LogP contribution in [0.5, 0.6) is 0 Å². The van der Waals surface area contributed by atoms with Gasteiger partial charge in [-0.15, -0.1) is 0 Å². The largest absolute Gasteiger partial charge is 0.381 e. The fourth-order valence-electron chi connectivity index (χ4n) is 3.70. The van der Waals surface area contributed by atoms with Crippen molar-refractivity contribution in [1.82, 2.24) is 15.1 Å². The molecule has 3 rings (SSSR count). The molecule has 6 heteroatoms. The number of nitrogens with one attached hydrogen (secondary N) is 1. The molecule has 2 aliphatic rings. The van der Waals surface area contributed by atoms with Gasteiger partial charge in [0.05, 0.1) is 5.54 Å². The van der Waals surface area contributed by atoms with Crippen LogP contribution in [0.1, 0.15) is 30.9 Å². The van der Waals surface area contributed by atoms with Crippen LogP contribution >= 0.6 is 0 Å². The van der Waals surface area contributed by atoms with Gasteiger partial charge in [-0.25, -0.2) is 0 Å². The number of piperazine rings is 1. The topological polar surface area (TPSA) is 70.8 Å². The number of carbonyl (C=O) groups is 1. The van der Waals surface area contributed by atoms with Crippen LogP contribution in [0.3, 0.4) is 0 Å². The maximum atomic E-state index is 12.6. The standard InChI is InChI=1S/C20H32N4O2/c1-2-23-9-11-24(12-10-23)16-18-6-4-3-5-17(18)15-22-19(25)20(21)7-13-26-14-8-20/h3-6H,2,7-16,21H2,1H3,(H,22,25). The van der Waals surface area contributed by atoms with Crippen molar-refractivity contribution in [1.29, 1.82) is 0 Å². The highest BCUT2D eigenvalue weighted by atomic mass is 16.5. The van der Waals surface area contributed by atoms with Crippen molar-refractivity contribution in [2.45, 2.75) is 38.4 Å². The first-order valence-corrected chi connectivity index (χ1v) is 9.77. The first-order chi connectivity index (χ1) is 12.6. The molecule has 0 atom stereocenters. The number of amides is 1. The Labute approximate surface area is 156 Å². The third-order valence-corrected chi connectivity index (χ3v) is 5.70. The number of hydrogen-bond acceptors (Lipinski definition) is 5. The van der Waals surface area contributed by atoms with E-state index in [0.717, 1.165) is 39.3 Å². The van der Waals surface area contributed by atoms with E-state index in [-0.39, 0.29) is 5.91 Å². The van der Waals surface area contributed by atoms with Gasteiger partial charge < -0.3 is 20.7 Å². The predicted octanol–water partition coefficient (Wildman–Crippen LogP) is 0.948. The van der Waals surface area contributed by atoms with Gasteiger partial charge in [-0.1, -0.05) is 31.2 Å². The maximum Gasteiger partial charge on any atom is 0.240 e. The lowest BCUT2D eigenvalue weighted by atomic mass is 9.90. The van der Waals surface area contributed by atoms with E-state index in [1.165, 1.54) is 11.1 Å². The molecule has 144 valence electrons. The number of benzene rings is 1. The highest BCUT2D eigenvalue weighted by molar-refractivity contribution is 5.86. The summed E-state index contributed by atoms with van der Waals surface area (Å²) in [6.07, 6.45) is 1.17. The average molecular weight is 361 g/mol. The van der Waals surface area contributed by atoms with Gasteiger partial charge in [0.2, 0.25) is 5.91 Å². The third-order valence-electron chi connectivity index (χ3n) is 5.70. The van der Waals surface area contributed by atoms with E-state index in [1.54, 1.807) is 0 Å². The Kier molecular flexibility index (Phi) is 6.64. The molecule has 2 heterocycles. The van der Waals surface area contributed by atoms with Crippen molar-refractivity contribution in [3.8, 4) is 0 Å². The number of rotatable bonds is 6. The van der Waals surface area contributed by atoms with Crippen LogP contribution in [0.15, 0.2) is 24.3 Å². The molecule has 0 saturated carbocycles. The SMILES string of the molecule is CCN1CCN(Cc2ccccc2CNC(=O)C2(N)CCOCC2)CC1. The quantitative estimate of drug-likeness (QED) is 0.790. The molecule has 2 saturated heterocycles. The number of hydrogen-bond donors (Lipinski definition) is 2. The summed E-state index contributed by atoms with van der Waals surface area (Å²) in [4.78, 5) is 17.5. The number of likely N-dealkylation sites (N-methyl/N-ethyl adjacent to an activating group) is 1. The lowest BCUT2D eigenvalue weighted by molar-refractivity contribution is -0.129. The number of carbonyl (C=O) groups excluding carboxylic acids is 1. The Bertz CT molecular complexity index is 593. The molecule has 3 N–H and O–H groups in total. The first kappa shape index (κ1) is 19.3. The van der Waals surface area contributed by atoms with Gasteiger partial charge in [0, 0.05) is 52.5 Å². The fourth-order valence-corrected chi connectivity index (χ4v) is 3.70. The molecule has 1 aromatic carbocycles. The molecular formula is C20H32N4O2. The second-order valence-corrected chi connectivity index (χ2v) is 7.43. The van der Waals surface area contributed by atoms with Gasteiger partial charge in [-0.3, -0.25) is 9.69 Å². The lowest BCUT2D eigenvalue weighted by Gasteiger charge is -2.34. The minimum absolute atomic E-state index is 0.0628. The minimum Gasteiger partial charge on any atom is -0.381 e. The molecule has 6 nitrogen and oxygen atoms in total. The summed E-state index contributed by atoms with van der Waals surface area (Å²) in [5.41, 5.74) is 7.95. The van der Waals surface area contributed by atoms with E-state index in [9.17, 15) is 4.79 Å². The van der Waals surface area contributed by atoms with E-state index < -0.39 is 5.54 Å². The Morgan fingerprint density at radius 2 is 1.73 bits per heavy atom. The molecule has 0 unspecified atom stereocenters. The fraction of sp³-hybridized carbons (Fsp3) is 0.650. The predicted molar refractivity (Wildman–Crippen MR) is 103 cm³/mol. The van der Waals surface area contributed by atoms with Crippen molar-refractivity contribution in [3.63, 3.8) is 0 Å². The Morgan fingerprint density at radius 1 is 1.12 bits per heavy atom. The molecule has 0 aromatic heterocycles. The molecule has 2 aliphatic heterocycles. The Hall–Kier alpha value is -1.47. The number of nitrogens with two attached hydrogens (primary N) is 1. The number of ether oxygens (including phenoxy) is 1. The molecule has 1 aromatic rings. The van der Waals surface area contributed by atoms with Gasteiger partial charge in [0.25, 0.3) is 0 Å². The second kappa shape index (κ2) is 8.95. The monoisotopic (exact) mass is 360 g/mol. The normalized spacial score (nSPS) is 21.5. The maximum absolute atomic E-state index is 12.6. The molecule has 0 bridgehead atoms. The Morgan fingerprint density at radius 3 is 2.38 bits per heavy atom. The zero-order chi connectivity index (χ0) is 18.4. The zero-order valence-corrected chi connectivity index (χ0v) is 15.9. The van der Waals surface area contributed by atoms with E-state index >= 15 is 0 Å². The van der Waals surface area contributed by atoms with Crippen molar-refractivity contribution in [3.05, 3.63) is 35.4 Å². The van der Waals surface area contributed by atoms with Gasteiger partial charge >= 0.3 is 0 Å². The lowest BCUT2D eigenvalue weighted by Crippen LogP contribution is -2.56. The smallest absolute Gasteiger partial charge is 0.240 e. The summed E-state index contributed by atoms with van der Waals surface area (Å²) in [5, 5.41) is 3.06. The van der Waals surface area contributed by atoms with E-state index in [1.807, 2.05) is 6.07 Å². The molecule has 0 aliphatic carbocycles. The molecular weight excluding hydrogens is 328 g/mol. The van der Waals surface area contributed by atoms with E-state index in [0.29, 0.717) is 32.6 Å². The summed E-state index contributed by atoms with van der Waals surface area (Å²) < 4.78 is 5.33. The van der Waals surface area contributed by atoms with E-state index in [4.69, 9.17) is 10.5 Å². The van der Waals surface area contributed by atoms with Gasteiger partial charge in [-0.05, 0) is 30.5 Å². The average Bonchev–Trinajstić information content (AvgIpc) is 2.68. The summed E-state index contributed by atoms with van der Waals surface area (Å²) in [6, 6.07) is 8.38. The third kappa shape index (κ3) is 4.82. The van der Waals surface area contributed by atoms with Crippen LogP contribution < -0.4 is 11.1 Å². The molecule has 1 amide bonds. The Balaban J connectivity index is 1.56. The van der Waals surface area contributed by atoms with Crippen LogP contribution in [-0.4, -0.2) is 67.2 Å². The van der Waals surface area contributed by atoms with Crippen LogP contribution in [0.25, 0.3) is 0 Å². The summed E-state index contributed by atoms with van der Waals surface area (Å²) in [7, 11) is 0. The molecule has 2 fully saturated rings. The molecule has 0 spiro atoms. The molecule has 26 heavy (non-hydrogen) atoms. The first-order valence-electron chi connectivity index (χ1n) is 9.77. The van der Waals surface area contributed by atoms with Gasteiger partial charge in [-0.2, -0.15) is 0 Å². The number of nitrogens with zero attached hydrogens (tertiary/aromatic N) is 2. The zero-order valence-electron chi connectivity index (χ0n) is 15.9. The van der Waals surface area contributed by atoms with Gasteiger partial charge in [0.1, 0.15) is 0 Å². The molecule has 0 radical (unpaired) electrons. The highest BCUT2D eigenvalue weighted by Gasteiger charge is 2.35. The van der Waals surface area contributed by atoms with Crippen molar-refractivity contribution in [2.24, 2.45) is 5.73 Å². The van der Waals surface area contributed by atoms with Crippen LogP contribution in [0.2, 0.25) is 0 Å². The van der Waals surface area contributed by atoms with Crippen molar-refractivity contribution >= 4 is 5.91 Å². The summed E-state index contributed by atoms with van der Waals surface area (Å²) >= 11 is 0. The highest BCUT2D eigenvalue weighted by Crippen LogP contribution is 2.19. The minimum atomic E-state index is -0.788. The van der Waals surface area contributed by atoms with Gasteiger partial charge in [0.15, 0.2) is 0 Å². The van der Waals surface area contributed by atoms with Crippen molar-refractivity contribution < 1.29 is 9.53 Å². The second-order valence-electron chi connectivity index (χ2n) is 7.43. The van der Waals surface area contributed by atoms with E-state index in [2.05, 4.69) is 40.2 Å². The summed E-state index contributed by atoms with van der Waals surface area (Å²) in [6.45, 7) is 10.4. The van der Waals surface area contributed by atoms with Crippen LogP contribution in [-0.2, 0) is 22.6 Å². The van der Waals surface area contributed by atoms with Crippen molar-refractivity contribution in [2.75, 3.05) is 45.9 Å². The summed E-state index contributed by atoms with van der Waals surface area (Å²) in [5.74, 6) is -0.0628. The van der Waals surface area contributed by atoms with Crippen LogP contribution in [0, 0.1) is 0 Å². The van der Waals surface area contributed by atoms with Crippen LogP contribution in [0.4, 0.5) is 0 Å².